The molecule has 0 saturated heterocycles. The van der Waals surface area contributed by atoms with Crippen LogP contribution < -0.4 is 5.32 Å². The smallest absolute Gasteiger partial charge is 0.335 e. The summed E-state index contributed by atoms with van der Waals surface area (Å²) in [6.07, 6.45) is 0. The van der Waals surface area contributed by atoms with E-state index in [1.165, 1.54) is 36.4 Å². The topological polar surface area (TPSA) is 66.4 Å². The molecule has 2 aromatic carbocycles. The van der Waals surface area contributed by atoms with Crippen LogP contribution in [-0.2, 0) is 6.54 Å². The molecule has 1 amide bonds. The molecular weight excluding hydrogens is 261 g/mol. The van der Waals surface area contributed by atoms with Crippen molar-refractivity contribution in [3.05, 3.63) is 71.0 Å². The molecule has 4 nitrogen and oxygen atoms in total. The summed E-state index contributed by atoms with van der Waals surface area (Å²) < 4.78 is 12.7. The average Bonchev–Trinajstić information content (AvgIpc) is 2.46. The third-order valence-electron chi connectivity index (χ3n) is 2.76. The van der Waals surface area contributed by atoms with Crippen molar-refractivity contribution in [2.45, 2.75) is 6.54 Å². The first-order chi connectivity index (χ1) is 9.56. The third-order valence-corrected chi connectivity index (χ3v) is 2.76. The van der Waals surface area contributed by atoms with Crippen LogP contribution in [0.2, 0.25) is 0 Å². The first-order valence-electron chi connectivity index (χ1n) is 5.92. The van der Waals surface area contributed by atoms with E-state index in [1.54, 1.807) is 12.1 Å². The van der Waals surface area contributed by atoms with Gasteiger partial charge in [0, 0.05) is 12.1 Å². The maximum atomic E-state index is 12.7. The number of carbonyl (C=O) groups excluding carboxylic acids is 1. The van der Waals surface area contributed by atoms with Crippen LogP contribution in [0.25, 0.3) is 0 Å². The third kappa shape index (κ3) is 3.41. The predicted molar refractivity (Wildman–Crippen MR) is 71.0 cm³/mol. The minimum Gasteiger partial charge on any atom is -0.478 e. The summed E-state index contributed by atoms with van der Waals surface area (Å²) in [5.41, 5.74) is 1.35. The Morgan fingerprint density at radius 3 is 2.05 bits per heavy atom. The van der Waals surface area contributed by atoms with E-state index in [1.807, 2.05) is 0 Å². The second-order valence-corrected chi connectivity index (χ2v) is 4.19. The van der Waals surface area contributed by atoms with Crippen molar-refractivity contribution >= 4 is 11.9 Å². The first-order valence-corrected chi connectivity index (χ1v) is 5.92. The highest BCUT2D eigenvalue weighted by Crippen LogP contribution is 2.06. The van der Waals surface area contributed by atoms with E-state index in [9.17, 15) is 14.0 Å². The summed E-state index contributed by atoms with van der Waals surface area (Å²) in [5.74, 6) is -1.70. The van der Waals surface area contributed by atoms with Crippen LogP contribution in [0, 0.1) is 5.82 Å². The highest BCUT2D eigenvalue weighted by Gasteiger charge is 2.06. The number of halogens is 1. The molecule has 0 fully saturated rings. The van der Waals surface area contributed by atoms with Gasteiger partial charge in [-0.05, 0) is 42.0 Å². The second kappa shape index (κ2) is 5.97. The Kier molecular flexibility index (Phi) is 4.10. The van der Waals surface area contributed by atoms with Crippen LogP contribution in [0.15, 0.2) is 48.5 Å². The summed E-state index contributed by atoms with van der Waals surface area (Å²) in [4.78, 5) is 22.5. The maximum Gasteiger partial charge on any atom is 0.335 e. The second-order valence-electron chi connectivity index (χ2n) is 4.19. The Balaban J connectivity index is 1.96. The Labute approximate surface area is 114 Å². The lowest BCUT2D eigenvalue weighted by molar-refractivity contribution is 0.0696. The van der Waals surface area contributed by atoms with Gasteiger partial charge in [-0.1, -0.05) is 12.1 Å². The molecule has 2 N–H and O–H groups in total. The van der Waals surface area contributed by atoms with Gasteiger partial charge in [-0.3, -0.25) is 4.79 Å². The Morgan fingerprint density at radius 1 is 0.950 bits per heavy atom. The molecular formula is C15H12FNO3. The number of amides is 1. The molecule has 0 radical (unpaired) electrons. The van der Waals surface area contributed by atoms with Gasteiger partial charge in [-0.25, -0.2) is 9.18 Å². The van der Waals surface area contributed by atoms with Gasteiger partial charge in [0.15, 0.2) is 0 Å². The molecule has 0 bridgehead atoms. The lowest BCUT2D eigenvalue weighted by Gasteiger charge is -2.05. The molecule has 0 aliphatic rings. The van der Waals surface area contributed by atoms with Crippen LogP contribution in [0.5, 0.6) is 0 Å². The van der Waals surface area contributed by atoms with E-state index in [0.717, 1.165) is 5.56 Å². The zero-order chi connectivity index (χ0) is 14.5. The molecule has 0 spiro atoms. The number of rotatable bonds is 4. The van der Waals surface area contributed by atoms with E-state index in [4.69, 9.17) is 5.11 Å². The molecule has 0 unspecified atom stereocenters. The average molecular weight is 273 g/mol. The maximum absolute atomic E-state index is 12.7. The van der Waals surface area contributed by atoms with Gasteiger partial charge in [0.25, 0.3) is 5.91 Å². The van der Waals surface area contributed by atoms with Crippen LogP contribution >= 0.6 is 0 Å². The van der Waals surface area contributed by atoms with Gasteiger partial charge in [0.2, 0.25) is 0 Å². The van der Waals surface area contributed by atoms with Crippen LogP contribution in [0.1, 0.15) is 26.3 Å². The number of aromatic carboxylic acids is 1. The van der Waals surface area contributed by atoms with Gasteiger partial charge >= 0.3 is 5.97 Å². The number of carboxylic acids is 1. The van der Waals surface area contributed by atoms with Crippen molar-refractivity contribution in [2.75, 3.05) is 0 Å². The fraction of sp³-hybridized carbons (Fsp3) is 0.0667. The number of carboxylic acid groups (broad SMARTS) is 1. The van der Waals surface area contributed by atoms with E-state index in [-0.39, 0.29) is 18.0 Å². The van der Waals surface area contributed by atoms with Crippen LogP contribution in [0.3, 0.4) is 0 Å². The van der Waals surface area contributed by atoms with Crippen molar-refractivity contribution in [1.82, 2.24) is 5.32 Å². The van der Waals surface area contributed by atoms with Crippen molar-refractivity contribution in [3.8, 4) is 0 Å². The molecule has 2 aromatic rings. The summed E-state index contributed by atoms with van der Waals surface area (Å²) in [6, 6.07) is 11.5. The fourth-order valence-corrected chi connectivity index (χ4v) is 1.65. The normalized spacial score (nSPS) is 10.1. The van der Waals surface area contributed by atoms with E-state index in [0.29, 0.717) is 5.56 Å². The van der Waals surface area contributed by atoms with E-state index >= 15 is 0 Å². The van der Waals surface area contributed by atoms with Crippen molar-refractivity contribution in [2.24, 2.45) is 0 Å². The number of hydrogen-bond donors (Lipinski definition) is 2. The van der Waals surface area contributed by atoms with Gasteiger partial charge in [0.05, 0.1) is 5.56 Å². The van der Waals surface area contributed by atoms with Gasteiger partial charge in [-0.2, -0.15) is 0 Å². The summed E-state index contributed by atoms with van der Waals surface area (Å²) in [6.45, 7) is 0.274. The molecule has 20 heavy (non-hydrogen) atoms. The van der Waals surface area contributed by atoms with Crippen LogP contribution in [-0.4, -0.2) is 17.0 Å². The minimum atomic E-state index is -0.994. The minimum absolute atomic E-state index is 0.193. The van der Waals surface area contributed by atoms with Gasteiger partial charge in [0.1, 0.15) is 5.82 Å². The molecule has 0 heterocycles. The first kappa shape index (κ1) is 13.7. The largest absolute Gasteiger partial charge is 0.478 e. The highest BCUT2D eigenvalue weighted by molar-refractivity contribution is 5.94. The number of nitrogens with one attached hydrogen (secondary N) is 1. The van der Waals surface area contributed by atoms with Crippen molar-refractivity contribution < 1.29 is 19.1 Å². The lowest BCUT2D eigenvalue weighted by atomic mass is 10.1. The zero-order valence-electron chi connectivity index (χ0n) is 10.5. The van der Waals surface area contributed by atoms with E-state index in [2.05, 4.69) is 5.32 Å². The summed E-state index contributed by atoms with van der Waals surface area (Å²) >= 11 is 0. The quantitative estimate of drug-likeness (QED) is 0.899. The molecule has 0 aliphatic carbocycles. The van der Waals surface area contributed by atoms with Gasteiger partial charge in [-0.15, -0.1) is 0 Å². The zero-order valence-corrected chi connectivity index (χ0v) is 10.5. The predicted octanol–water partition coefficient (Wildman–Crippen LogP) is 2.45. The fourth-order valence-electron chi connectivity index (χ4n) is 1.65. The Bertz CT molecular complexity index is 621. The number of benzene rings is 2. The number of hydrogen-bond acceptors (Lipinski definition) is 2. The van der Waals surface area contributed by atoms with E-state index < -0.39 is 11.8 Å². The van der Waals surface area contributed by atoms with Gasteiger partial charge < -0.3 is 10.4 Å². The Hall–Kier alpha value is -2.69. The molecule has 0 aromatic heterocycles. The molecule has 0 aliphatic heterocycles. The lowest BCUT2D eigenvalue weighted by Crippen LogP contribution is -2.22. The molecule has 102 valence electrons. The Morgan fingerprint density at radius 2 is 1.50 bits per heavy atom. The van der Waals surface area contributed by atoms with Crippen molar-refractivity contribution in [1.29, 1.82) is 0 Å². The monoisotopic (exact) mass is 273 g/mol. The molecule has 5 heteroatoms. The number of carbonyl (C=O) groups is 2. The summed E-state index contributed by atoms with van der Waals surface area (Å²) in [5, 5.41) is 11.4. The highest BCUT2D eigenvalue weighted by atomic mass is 19.1. The van der Waals surface area contributed by atoms with Crippen molar-refractivity contribution in [3.63, 3.8) is 0 Å². The molecule has 2 rings (SSSR count). The summed E-state index contributed by atoms with van der Waals surface area (Å²) in [7, 11) is 0. The SMILES string of the molecule is O=C(O)c1ccc(CNC(=O)c2ccc(F)cc2)cc1. The molecule has 0 atom stereocenters. The standard InChI is InChI=1S/C15H12FNO3/c16-13-7-5-11(6-8-13)14(18)17-9-10-1-3-12(4-2-10)15(19)20/h1-8H,9H2,(H,17,18)(H,19,20). The van der Waals surface area contributed by atoms with Crippen LogP contribution in [0.4, 0.5) is 4.39 Å². The molecule has 0 saturated carbocycles.